The molecule has 114 valence electrons. The van der Waals surface area contributed by atoms with Gasteiger partial charge in [-0.3, -0.25) is 4.79 Å². The molecule has 1 atom stereocenters. The fourth-order valence-electron chi connectivity index (χ4n) is 3.16. The van der Waals surface area contributed by atoms with Crippen LogP contribution in [0.4, 0.5) is 11.4 Å². The molecule has 0 spiro atoms. The molecule has 3 nitrogen and oxygen atoms in total. The molecule has 2 aliphatic heterocycles. The van der Waals surface area contributed by atoms with E-state index in [1.807, 2.05) is 43.3 Å². The molecule has 23 heavy (non-hydrogen) atoms. The van der Waals surface area contributed by atoms with Crippen molar-refractivity contribution in [3.05, 3.63) is 71.8 Å². The quantitative estimate of drug-likeness (QED) is 0.747. The van der Waals surface area contributed by atoms with E-state index in [1.54, 1.807) is 0 Å². The fourth-order valence-corrected chi connectivity index (χ4v) is 3.16. The largest absolute Gasteiger partial charge is 0.381 e. The minimum atomic E-state index is -0.204. The monoisotopic (exact) mass is 302 g/mol. The molecule has 2 heterocycles. The van der Waals surface area contributed by atoms with E-state index in [0.29, 0.717) is 0 Å². The third kappa shape index (κ3) is 2.44. The number of carbonyl (C=O) groups excluding carboxylic acids is 1. The lowest BCUT2D eigenvalue weighted by molar-refractivity contribution is -0.117. The van der Waals surface area contributed by atoms with Gasteiger partial charge in [0.05, 0.1) is 5.92 Å². The first-order chi connectivity index (χ1) is 11.2. The molecule has 3 aromatic carbocycles. The molecule has 3 aromatic rings. The molecule has 2 bridgehead atoms. The van der Waals surface area contributed by atoms with Crippen LogP contribution in [-0.4, -0.2) is 5.91 Å². The van der Waals surface area contributed by atoms with Crippen molar-refractivity contribution in [3.63, 3.8) is 0 Å². The highest BCUT2D eigenvalue weighted by atomic mass is 16.1. The molecule has 0 aliphatic carbocycles. The number of anilines is 2. The fraction of sp³-hybridized carbons (Fsp3) is 0.150. The molecule has 1 unspecified atom stereocenters. The third-order valence-electron chi connectivity index (χ3n) is 4.53. The lowest BCUT2D eigenvalue weighted by Gasteiger charge is -2.21. The zero-order chi connectivity index (χ0) is 15.8. The maximum atomic E-state index is 12.7. The van der Waals surface area contributed by atoms with Crippen molar-refractivity contribution >= 4 is 28.1 Å². The molecule has 0 fully saturated rings. The lowest BCUT2D eigenvalue weighted by Crippen LogP contribution is -2.21. The minimum absolute atomic E-state index is 0.0293. The normalized spacial score (nSPS) is 13.6. The van der Waals surface area contributed by atoms with Crippen LogP contribution >= 0.6 is 0 Å². The van der Waals surface area contributed by atoms with Crippen LogP contribution < -0.4 is 10.6 Å². The van der Waals surface area contributed by atoms with Gasteiger partial charge >= 0.3 is 0 Å². The summed E-state index contributed by atoms with van der Waals surface area (Å²) in [6.45, 7) is 2.74. The van der Waals surface area contributed by atoms with Crippen LogP contribution in [0.5, 0.6) is 0 Å². The highest BCUT2D eigenvalue weighted by Crippen LogP contribution is 2.30. The Morgan fingerprint density at radius 1 is 1.09 bits per heavy atom. The van der Waals surface area contributed by atoms with Crippen molar-refractivity contribution in [2.24, 2.45) is 0 Å². The highest BCUT2D eigenvalue weighted by molar-refractivity contribution is 6.00. The topological polar surface area (TPSA) is 41.1 Å². The van der Waals surface area contributed by atoms with E-state index in [-0.39, 0.29) is 11.8 Å². The first-order valence-electron chi connectivity index (χ1n) is 7.88. The maximum absolute atomic E-state index is 12.7. The van der Waals surface area contributed by atoms with E-state index in [1.165, 1.54) is 0 Å². The molecule has 0 saturated carbocycles. The zero-order valence-corrected chi connectivity index (χ0v) is 13.0. The number of rotatable bonds is 3. The van der Waals surface area contributed by atoms with Gasteiger partial charge in [0.2, 0.25) is 5.91 Å². The number of benzene rings is 3. The second kappa shape index (κ2) is 5.43. The molecule has 5 rings (SSSR count). The molecule has 1 amide bonds. The van der Waals surface area contributed by atoms with Crippen LogP contribution in [0, 0.1) is 0 Å². The maximum Gasteiger partial charge on any atom is 0.231 e. The molecule has 0 saturated heterocycles. The minimum Gasteiger partial charge on any atom is -0.381 e. The van der Waals surface area contributed by atoms with Crippen LogP contribution in [0.2, 0.25) is 0 Å². The van der Waals surface area contributed by atoms with Crippen LogP contribution in [0.1, 0.15) is 24.0 Å². The second-order valence-corrected chi connectivity index (χ2v) is 6.00. The summed E-state index contributed by atoms with van der Waals surface area (Å²) in [7, 11) is 0. The summed E-state index contributed by atoms with van der Waals surface area (Å²) < 4.78 is 0. The van der Waals surface area contributed by atoms with Crippen molar-refractivity contribution in [2.45, 2.75) is 19.4 Å². The van der Waals surface area contributed by atoms with Crippen molar-refractivity contribution < 1.29 is 4.79 Å². The number of hydrogen-bond acceptors (Lipinski definition) is 2. The van der Waals surface area contributed by atoms with Crippen LogP contribution in [-0.2, 0) is 11.3 Å². The Morgan fingerprint density at radius 2 is 1.91 bits per heavy atom. The van der Waals surface area contributed by atoms with E-state index in [9.17, 15) is 4.79 Å². The van der Waals surface area contributed by atoms with Crippen molar-refractivity contribution in [1.82, 2.24) is 0 Å². The second-order valence-electron chi connectivity index (χ2n) is 6.00. The van der Waals surface area contributed by atoms with Crippen LogP contribution in [0.25, 0.3) is 10.8 Å². The number of nitrogens with one attached hydrogen (secondary N) is 2. The molecule has 3 heteroatoms. The average Bonchev–Trinajstić information content (AvgIpc) is 2.61. The van der Waals surface area contributed by atoms with Gasteiger partial charge in [-0.15, -0.1) is 0 Å². The lowest BCUT2D eigenvalue weighted by atomic mass is 9.94. The van der Waals surface area contributed by atoms with Gasteiger partial charge in [-0.1, -0.05) is 48.5 Å². The first kappa shape index (κ1) is 13.8. The van der Waals surface area contributed by atoms with Crippen LogP contribution in [0.15, 0.2) is 60.7 Å². The molecule has 0 radical (unpaired) electrons. The Balaban J connectivity index is 1.64. The predicted molar refractivity (Wildman–Crippen MR) is 94.8 cm³/mol. The molecule has 0 aromatic heterocycles. The molecule has 2 N–H and O–H groups in total. The van der Waals surface area contributed by atoms with Gasteiger partial charge in [-0.05, 0) is 41.0 Å². The van der Waals surface area contributed by atoms with Gasteiger partial charge < -0.3 is 10.6 Å². The van der Waals surface area contributed by atoms with Gasteiger partial charge in [-0.2, -0.15) is 0 Å². The Kier molecular flexibility index (Phi) is 3.27. The van der Waals surface area contributed by atoms with Gasteiger partial charge in [0.15, 0.2) is 0 Å². The SMILES string of the molecule is CC(C(=O)Nc1cc2ccc1CN2)c1cccc2ccccc12. The summed E-state index contributed by atoms with van der Waals surface area (Å²) in [6, 6.07) is 20.4. The summed E-state index contributed by atoms with van der Waals surface area (Å²) in [5, 5.41) is 8.66. The summed E-state index contributed by atoms with van der Waals surface area (Å²) in [5.41, 5.74) is 4.15. The molecule has 2 aliphatic rings. The Bertz CT molecular complexity index is 896. The average molecular weight is 302 g/mol. The number of amides is 1. The number of fused-ring (bicyclic) bond motifs is 4. The van der Waals surface area contributed by atoms with Gasteiger partial charge in [0, 0.05) is 17.9 Å². The van der Waals surface area contributed by atoms with Gasteiger partial charge in [0.25, 0.3) is 0 Å². The van der Waals surface area contributed by atoms with Crippen molar-refractivity contribution in [1.29, 1.82) is 0 Å². The first-order valence-corrected chi connectivity index (χ1v) is 7.88. The van der Waals surface area contributed by atoms with Crippen molar-refractivity contribution in [3.8, 4) is 0 Å². The summed E-state index contributed by atoms with van der Waals surface area (Å²) in [6.07, 6.45) is 0. The third-order valence-corrected chi connectivity index (χ3v) is 4.53. The van der Waals surface area contributed by atoms with E-state index in [2.05, 4.69) is 34.9 Å². The predicted octanol–water partition coefficient (Wildman–Crippen LogP) is 4.51. The highest BCUT2D eigenvalue weighted by Gasteiger charge is 2.20. The summed E-state index contributed by atoms with van der Waals surface area (Å²) >= 11 is 0. The number of carbonyl (C=O) groups is 1. The number of hydrogen-bond donors (Lipinski definition) is 2. The Labute approximate surface area is 135 Å². The van der Waals surface area contributed by atoms with E-state index in [4.69, 9.17) is 0 Å². The van der Waals surface area contributed by atoms with E-state index < -0.39 is 0 Å². The summed E-state index contributed by atoms with van der Waals surface area (Å²) in [4.78, 5) is 12.7. The Hall–Kier alpha value is -2.81. The van der Waals surface area contributed by atoms with Gasteiger partial charge in [0.1, 0.15) is 0 Å². The summed E-state index contributed by atoms with van der Waals surface area (Å²) in [5.74, 6) is -0.174. The smallest absolute Gasteiger partial charge is 0.231 e. The molecular formula is C20H18N2O. The van der Waals surface area contributed by atoms with Crippen molar-refractivity contribution in [2.75, 3.05) is 10.6 Å². The zero-order valence-electron chi connectivity index (χ0n) is 13.0. The Morgan fingerprint density at radius 3 is 2.65 bits per heavy atom. The standard InChI is InChI=1S/C20H18N2O/c1-13(17-8-4-6-14-5-2-3-7-18(14)17)20(23)22-19-11-16-10-9-15(19)12-21-16/h2-11,13,21H,12H2,1H3,(H,22,23). The van der Waals surface area contributed by atoms with E-state index >= 15 is 0 Å². The van der Waals surface area contributed by atoms with Crippen LogP contribution in [0.3, 0.4) is 0 Å². The van der Waals surface area contributed by atoms with Gasteiger partial charge in [-0.25, -0.2) is 0 Å². The molecular weight excluding hydrogens is 284 g/mol. The van der Waals surface area contributed by atoms with E-state index in [0.717, 1.165) is 39.8 Å².